The minimum atomic E-state index is 0.437. The third-order valence-corrected chi connectivity index (χ3v) is 3.33. The molecule has 94 valence electrons. The van der Waals surface area contributed by atoms with Crippen molar-refractivity contribution >= 4 is 0 Å². The molecule has 4 heteroatoms. The first-order chi connectivity index (χ1) is 8.35. The van der Waals surface area contributed by atoms with E-state index < -0.39 is 0 Å². The van der Waals surface area contributed by atoms with Crippen LogP contribution in [0.1, 0.15) is 42.4 Å². The van der Waals surface area contributed by atoms with Crippen molar-refractivity contribution in [2.45, 2.75) is 38.1 Å². The number of aryl methyl sites for hydroxylation is 2. The number of nitrogens with zero attached hydrogens (tertiary/aromatic N) is 2. The van der Waals surface area contributed by atoms with Gasteiger partial charge in [0.15, 0.2) is 0 Å². The maximum Gasteiger partial charge on any atom is 0.128 e. The normalized spacial score (nSPS) is 19.1. The quantitative estimate of drug-likeness (QED) is 0.788. The topological polar surface area (TPSA) is 47.0 Å². The fourth-order valence-electron chi connectivity index (χ4n) is 2.38. The lowest BCUT2D eigenvalue weighted by Crippen LogP contribution is -2.23. The largest absolute Gasteiger partial charge is 0.385 e. The lowest BCUT2D eigenvalue weighted by molar-refractivity contribution is 0.194. The van der Waals surface area contributed by atoms with Gasteiger partial charge in [0.2, 0.25) is 0 Å². The minimum Gasteiger partial charge on any atom is -0.385 e. The van der Waals surface area contributed by atoms with Crippen molar-refractivity contribution in [1.29, 1.82) is 0 Å². The second-order valence-electron chi connectivity index (χ2n) is 4.52. The summed E-state index contributed by atoms with van der Waals surface area (Å²) >= 11 is 0. The van der Waals surface area contributed by atoms with E-state index in [4.69, 9.17) is 4.74 Å². The second-order valence-corrected chi connectivity index (χ2v) is 4.52. The van der Waals surface area contributed by atoms with E-state index in [1.807, 2.05) is 13.2 Å². The molecule has 0 amide bonds. The highest BCUT2D eigenvalue weighted by atomic mass is 16.5. The van der Waals surface area contributed by atoms with Crippen LogP contribution < -0.4 is 5.32 Å². The van der Waals surface area contributed by atoms with Gasteiger partial charge in [0.1, 0.15) is 5.82 Å². The molecule has 0 spiro atoms. The number of hydrogen-bond acceptors (Lipinski definition) is 4. The van der Waals surface area contributed by atoms with Gasteiger partial charge in [0.05, 0.1) is 0 Å². The van der Waals surface area contributed by atoms with Crippen LogP contribution in [0.2, 0.25) is 0 Å². The first-order valence-electron chi connectivity index (χ1n) is 6.36. The molecule has 0 radical (unpaired) electrons. The average molecular weight is 235 g/mol. The number of fused-ring (bicyclic) bond motifs is 1. The standard InChI is InChI=1S/C13H21N3O/c1-14-11-5-3-6-12-10(11)9-15-13(16-12)7-4-8-17-2/h9,11,14H,3-8H2,1-2H3. The Labute approximate surface area is 103 Å². The van der Waals surface area contributed by atoms with Gasteiger partial charge in [-0.3, -0.25) is 0 Å². The summed E-state index contributed by atoms with van der Waals surface area (Å²) in [4.78, 5) is 9.13. The second kappa shape index (κ2) is 6.07. The molecule has 1 N–H and O–H groups in total. The Morgan fingerprint density at radius 3 is 3.18 bits per heavy atom. The molecule has 4 nitrogen and oxygen atoms in total. The van der Waals surface area contributed by atoms with Crippen molar-refractivity contribution in [3.05, 3.63) is 23.3 Å². The lowest BCUT2D eigenvalue weighted by atomic mass is 9.92. The average Bonchev–Trinajstić information content (AvgIpc) is 2.38. The number of methoxy groups -OCH3 is 1. The Balaban J connectivity index is 2.08. The molecule has 2 rings (SSSR count). The molecule has 1 aliphatic rings. The van der Waals surface area contributed by atoms with Crippen LogP contribution >= 0.6 is 0 Å². The van der Waals surface area contributed by atoms with Crippen LogP contribution in [0.3, 0.4) is 0 Å². The fourth-order valence-corrected chi connectivity index (χ4v) is 2.38. The third kappa shape index (κ3) is 3.01. The van der Waals surface area contributed by atoms with E-state index in [1.54, 1.807) is 7.11 Å². The molecular formula is C13H21N3O. The molecule has 1 atom stereocenters. The zero-order chi connectivity index (χ0) is 12.1. The monoisotopic (exact) mass is 235 g/mol. The molecule has 1 unspecified atom stereocenters. The van der Waals surface area contributed by atoms with Crippen molar-refractivity contribution in [1.82, 2.24) is 15.3 Å². The number of ether oxygens (including phenoxy) is 1. The van der Waals surface area contributed by atoms with E-state index in [9.17, 15) is 0 Å². The van der Waals surface area contributed by atoms with Crippen molar-refractivity contribution < 1.29 is 4.74 Å². The van der Waals surface area contributed by atoms with Crippen LogP contribution in [0.4, 0.5) is 0 Å². The summed E-state index contributed by atoms with van der Waals surface area (Å²) in [5.41, 5.74) is 2.52. The Morgan fingerprint density at radius 2 is 2.41 bits per heavy atom. The summed E-state index contributed by atoms with van der Waals surface area (Å²) in [6.45, 7) is 0.777. The van der Waals surface area contributed by atoms with E-state index >= 15 is 0 Å². The van der Waals surface area contributed by atoms with E-state index in [1.165, 1.54) is 24.1 Å². The smallest absolute Gasteiger partial charge is 0.128 e. The molecular weight excluding hydrogens is 214 g/mol. The van der Waals surface area contributed by atoms with Crippen LogP contribution in [-0.2, 0) is 17.6 Å². The van der Waals surface area contributed by atoms with E-state index in [2.05, 4.69) is 15.3 Å². The number of rotatable bonds is 5. The highest BCUT2D eigenvalue weighted by Gasteiger charge is 2.20. The van der Waals surface area contributed by atoms with Gasteiger partial charge >= 0.3 is 0 Å². The molecule has 0 aromatic carbocycles. The zero-order valence-corrected chi connectivity index (χ0v) is 10.7. The summed E-state index contributed by atoms with van der Waals surface area (Å²) in [5, 5.41) is 3.33. The maximum absolute atomic E-state index is 5.05. The fraction of sp³-hybridized carbons (Fsp3) is 0.692. The summed E-state index contributed by atoms with van der Waals surface area (Å²) < 4.78 is 5.05. The molecule has 0 bridgehead atoms. The predicted molar refractivity (Wildman–Crippen MR) is 67.0 cm³/mol. The van der Waals surface area contributed by atoms with Gasteiger partial charge in [-0.15, -0.1) is 0 Å². The summed E-state index contributed by atoms with van der Waals surface area (Å²) in [5.74, 6) is 0.956. The van der Waals surface area contributed by atoms with Crippen molar-refractivity contribution in [3.63, 3.8) is 0 Å². The highest BCUT2D eigenvalue weighted by molar-refractivity contribution is 5.24. The zero-order valence-electron chi connectivity index (χ0n) is 10.7. The third-order valence-electron chi connectivity index (χ3n) is 3.33. The Morgan fingerprint density at radius 1 is 1.53 bits per heavy atom. The molecule has 17 heavy (non-hydrogen) atoms. The molecule has 1 heterocycles. The maximum atomic E-state index is 5.05. The van der Waals surface area contributed by atoms with Crippen LogP contribution in [0.15, 0.2) is 6.20 Å². The van der Waals surface area contributed by atoms with Crippen LogP contribution in [0.5, 0.6) is 0 Å². The van der Waals surface area contributed by atoms with E-state index in [0.717, 1.165) is 31.7 Å². The first-order valence-corrected chi connectivity index (χ1v) is 6.36. The van der Waals surface area contributed by atoms with Crippen molar-refractivity contribution in [3.8, 4) is 0 Å². The predicted octanol–water partition coefficient (Wildman–Crippen LogP) is 1.65. The molecule has 0 aliphatic heterocycles. The van der Waals surface area contributed by atoms with Crippen LogP contribution in [0, 0.1) is 0 Å². The molecule has 1 aliphatic carbocycles. The molecule has 0 saturated carbocycles. The summed E-state index contributed by atoms with van der Waals surface area (Å²) in [7, 11) is 3.73. The summed E-state index contributed by atoms with van der Waals surface area (Å²) in [6, 6.07) is 0.437. The van der Waals surface area contributed by atoms with Gasteiger partial charge in [-0.2, -0.15) is 0 Å². The van der Waals surface area contributed by atoms with Crippen LogP contribution in [-0.4, -0.2) is 30.7 Å². The van der Waals surface area contributed by atoms with E-state index in [-0.39, 0.29) is 0 Å². The molecule has 0 fully saturated rings. The minimum absolute atomic E-state index is 0.437. The van der Waals surface area contributed by atoms with Crippen molar-refractivity contribution in [2.24, 2.45) is 0 Å². The van der Waals surface area contributed by atoms with Gasteiger partial charge in [0, 0.05) is 43.6 Å². The van der Waals surface area contributed by atoms with E-state index in [0.29, 0.717) is 6.04 Å². The van der Waals surface area contributed by atoms with Gasteiger partial charge in [0.25, 0.3) is 0 Å². The van der Waals surface area contributed by atoms with Gasteiger partial charge in [-0.05, 0) is 32.7 Å². The first kappa shape index (κ1) is 12.5. The molecule has 1 aromatic rings. The van der Waals surface area contributed by atoms with Gasteiger partial charge in [-0.25, -0.2) is 9.97 Å². The van der Waals surface area contributed by atoms with Crippen LogP contribution in [0.25, 0.3) is 0 Å². The molecule has 0 saturated heterocycles. The number of aromatic nitrogens is 2. The SMILES string of the molecule is CNC1CCCc2nc(CCCOC)ncc21. The Hall–Kier alpha value is -1.00. The lowest BCUT2D eigenvalue weighted by Gasteiger charge is -2.24. The number of hydrogen-bond donors (Lipinski definition) is 1. The van der Waals surface area contributed by atoms with Gasteiger partial charge in [-0.1, -0.05) is 0 Å². The highest BCUT2D eigenvalue weighted by Crippen LogP contribution is 2.27. The number of nitrogens with one attached hydrogen (secondary N) is 1. The Bertz CT molecular complexity index is 368. The summed E-state index contributed by atoms with van der Waals surface area (Å²) in [6.07, 6.45) is 7.40. The van der Waals surface area contributed by atoms with Gasteiger partial charge < -0.3 is 10.1 Å². The Kier molecular flexibility index (Phi) is 4.45. The molecule has 1 aromatic heterocycles. The van der Waals surface area contributed by atoms with Crippen molar-refractivity contribution in [2.75, 3.05) is 20.8 Å².